The number of hydrogen-bond acceptors (Lipinski definition) is 3. The second kappa shape index (κ2) is 5.35. The predicted octanol–water partition coefficient (Wildman–Crippen LogP) is 3.35. The van der Waals surface area contributed by atoms with Crippen LogP contribution in [0.5, 0.6) is 0 Å². The van der Waals surface area contributed by atoms with E-state index in [0.29, 0.717) is 22.5 Å². The summed E-state index contributed by atoms with van der Waals surface area (Å²) >= 11 is 6.16. The summed E-state index contributed by atoms with van der Waals surface area (Å²) in [6, 6.07) is 5.29. The van der Waals surface area contributed by atoms with Crippen molar-refractivity contribution in [1.82, 2.24) is 4.98 Å². The van der Waals surface area contributed by atoms with Crippen molar-refractivity contribution in [3.8, 4) is 0 Å². The first-order valence-corrected chi connectivity index (χ1v) is 8.02. The molecule has 0 aliphatic carbocycles. The molecule has 1 N–H and O–H groups in total. The summed E-state index contributed by atoms with van der Waals surface area (Å²) in [5.74, 6) is 0.0684. The number of nitrogens with zero attached hydrogens (tertiary/aromatic N) is 1. The Morgan fingerprint density at radius 2 is 2.16 bits per heavy atom. The van der Waals surface area contributed by atoms with Crippen LogP contribution in [0.4, 0.5) is 5.69 Å². The third-order valence-electron chi connectivity index (χ3n) is 2.76. The zero-order valence-electron chi connectivity index (χ0n) is 10.8. The Labute approximate surface area is 117 Å². The quantitative estimate of drug-likeness (QED) is 0.941. The Morgan fingerprint density at radius 1 is 1.42 bits per heavy atom. The Hall–Kier alpha value is -1.33. The Balaban J connectivity index is 2.61. The van der Waals surface area contributed by atoms with E-state index in [9.17, 15) is 8.42 Å². The minimum atomic E-state index is -3.37. The normalized spacial score (nSPS) is 11.7. The van der Waals surface area contributed by atoms with E-state index in [1.165, 1.54) is 0 Å². The first-order valence-electron chi connectivity index (χ1n) is 5.99. The smallest absolute Gasteiger partial charge is 0.232 e. The number of benzene rings is 1. The molecular weight excluding hydrogens is 284 g/mol. The number of rotatable bonds is 4. The van der Waals surface area contributed by atoms with Crippen molar-refractivity contribution in [3.63, 3.8) is 0 Å². The lowest BCUT2D eigenvalue weighted by molar-refractivity contribution is 0.600. The molecule has 1 heterocycles. The molecule has 0 spiro atoms. The number of hydrogen-bond donors (Lipinski definition) is 1. The molecule has 1 aromatic carbocycles. The number of aryl methyl sites for hydroxylation is 1. The summed E-state index contributed by atoms with van der Waals surface area (Å²) in [5, 5.41) is 1.10. The molecule has 102 valence electrons. The lowest BCUT2D eigenvalue weighted by Gasteiger charge is -2.13. The minimum Gasteiger partial charge on any atom is -0.281 e. The van der Waals surface area contributed by atoms with E-state index in [0.717, 1.165) is 11.1 Å². The first-order chi connectivity index (χ1) is 8.94. The van der Waals surface area contributed by atoms with Crippen molar-refractivity contribution in [2.24, 2.45) is 0 Å². The molecule has 0 unspecified atom stereocenters. The molecule has 0 aliphatic heterocycles. The summed E-state index contributed by atoms with van der Waals surface area (Å²) in [6.07, 6.45) is 2.22. The fourth-order valence-electron chi connectivity index (χ4n) is 1.96. The van der Waals surface area contributed by atoms with Gasteiger partial charge >= 0.3 is 0 Å². The van der Waals surface area contributed by atoms with E-state index in [1.807, 2.05) is 19.9 Å². The molecule has 6 heteroatoms. The van der Waals surface area contributed by atoms with Crippen LogP contribution in [0, 0.1) is 6.92 Å². The van der Waals surface area contributed by atoms with E-state index in [-0.39, 0.29) is 5.75 Å². The van der Waals surface area contributed by atoms with Gasteiger partial charge in [-0.15, -0.1) is 0 Å². The van der Waals surface area contributed by atoms with Gasteiger partial charge in [-0.05, 0) is 37.1 Å². The summed E-state index contributed by atoms with van der Waals surface area (Å²) in [6.45, 7) is 3.71. The SMILES string of the molecule is CCCS(=O)(=O)Nc1c(Cl)cc(C)c2ncccc12. The van der Waals surface area contributed by atoms with Crippen molar-refractivity contribution >= 4 is 38.2 Å². The fraction of sp³-hybridized carbons (Fsp3) is 0.308. The van der Waals surface area contributed by atoms with Crippen LogP contribution in [0.15, 0.2) is 24.4 Å². The van der Waals surface area contributed by atoms with Crippen molar-refractivity contribution in [2.75, 3.05) is 10.5 Å². The van der Waals surface area contributed by atoms with Crippen molar-refractivity contribution in [2.45, 2.75) is 20.3 Å². The summed E-state index contributed by atoms with van der Waals surface area (Å²) < 4.78 is 26.3. The highest BCUT2D eigenvalue weighted by atomic mass is 35.5. The number of nitrogens with one attached hydrogen (secondary N) is 1. The topological polar surface area (TPSA) is 59.1 Å². The van der Waals surface area contributed by atoms with E-state index in [2.05, 4.69) is 9.71 Å². The molecule has 19 heavy (non-hydrogen) atoms. The molecule has 0 atom stereocenters. The Morgan fingerprint density at radius 3 is 2.84 bits per heavy atom. The zero-order chi connectivity index (χ0) is 14.0. The predicted molar refractivity (Wildman–Crippen MR) is 79.2 cm³/mol. The standard InChI is InChI=1S/C13H15ClN2O2S/c1-3-7-19(17,18)16-13-10-5-4-6-15-12(10)9(2)8-11(13)14/h4-6,8,16H,3,7H2,1-2H3. The molecule has 0 amide bonds. The number of halogens is 1. The monoisotopic (exact) mass is 298 g/mol. The van der Waals surface area contributed by atoms with E-state index in [1.54, 1.807) is 18.3 Å². The molecule has 4 nitrogen and oxygen atoms in total. The maximum absolute atomic E-state index is 11.9. The van der Waals surface area contributed by atoms with Gasteiger partial charge in [0, 0.05) is 11.6 Å². The van der Waals surface area contributed by atoms with Crippen LogP contribution in [-0.2, 0) is 10.0 Å². The highest BCUT2D eigenvalue weighted by molar-refractivity contribution is 7.92. The van der Waals surface area contributed by atoms with Crippen LogP contribution in [0.25, 0.3) is 10.9 Å². The molecule has 0 saturated carbocycles. The highest BCUT2D eigenvalue weighted by Gasteiger charge is 2.15. The van der Waals surface area contributed by atoms with Gasteiger partial charge in [-0.2, -0.15) is 0 Å². The molecule has 0 bridgehead atoms. The van der Waals surface area contributed by atoms with Gasteiger partial charge in [-0.3, -0.25) is 9.71 Å². The molecule has 0 aliphatic rings. The minimum absolute atomic E-state index is 0.0684. The number of pyridine rings is 1. The number of sulfonamides is 1. The highest BCUT2D eigenvalue weighted by Crippen LogP contribution is 2.33. The average Bonchev–Trinajstić information content (AvgIpc) is 2.34. The van der Waals surface area contributed by atoms with E-state index < -0.39 is 10.0 Å². The van der Waals surface area contributed by atoms with Gasteiger partial charge in [0.2, 0.25) is 10.0 Å². The van der Waals surface area contributed by atoms with E-state index in [4.69, 9.17) is 11.6 Å². The second-order valence-electron chi connectivity index (χ2n) is 4.37. The van der Waals surface area contributed by atoms with Crippen molar-refractivity contribution in [1.29, 1.82) is 0 Å². The number of aromatic nitrogens is 1. The second-order valence-corrected chi connectivity index (χ2v) is 6.62. The van der Waals surface area contributed by atoms with Gasteiger partial charge in [-0.25, -0.2) is 8.42 Å². The van der Waals surface area contributed by atoms with Crippen LogP contribution < -0.4 is 4.72 Å². The third kappa shape index (κ3) is 2.98. The van der Waals surface area contributed by atoms with Crippen LogP contribution >= 0.6 is 11.6 Å². The molecule has 0 saturated heterocycles. The van der Waals surface area contributed by atoms with Gasteiger partial charge in [0.25, 0.3) is 0 Å². The Bertz CT molecular complexity index is 714. The van der Waals surface area contributed by atoms with E-state index >= 15 is 0 Å². The molecule has 1 aromatic heterocycles. The van der Waals surface area contributed by atoms with Gasteiger partial charge in [0.1, 0.15) is 0 Å². The van der Waals surface area contributed by atoms with Crippen LogP contribution in [0.1, 0.15) is 18.9 Å². The summed E-state index contributed by atoms with van der Waals surface area (Å²) in [7, 11) is -3.37. The lowest BCUT2D eigenvalue weighted by Crippen LogP contribution is -2.16. The van der Waals surface area contributed by atoms with Crippen LogP contribution in [-0.4, -0.2) is 19.2 Å². The maximum Gasteiger partial charge on any atom is 0.232 e. The van der Waals surface area contributed by atoms with Crippen molar-refractivity contribution < 1.29 is 8.42 Å². The van der Waals surface area contributed by atoms with Crippen molar-refractivity contribution in [3.05, 3.63) is 35.0 Å². The first kappa shape index (κ1) is 14.1. The maximum atomic E-state index is 11.9. The zero-order valence-corrected chi connectivity index (χ0v) is 12.3. The average molecular weight is 299 g/mol. The van der Waals surface area contributed by atoms with Gasteiger partial charge < -0.3 is 0 Å². The number of anilines is 1. The molecule has 0 radical (unpaired) electrons. The molecule has 2 aromatic rings. The van der Waals surface area contributed by atoms with Crippen LogP contribution in [0.2, 0.25) is 5.02 Å². The van der Waals surface area contributed by atoms with Gasteiger partial charge in [-0.1, -0.05) is 18.5 Å². The molecule has 2 rings (SSSR count). The lowest BCUT2D eigenvalue weighted by atomic mass is 10.1. The summed E-state index contributed by atoms with van der Waals surface area (Å²) in [5.41, 5.74) is 2.07. The molecular formula is C13H15ClN2O2S. The van der Waals surface area contributed by atoms with Crippen LogP contribution in [0.3, 0.4) is 0 Å². The molecule has 0 fully saturated rings. The van der Waals surface area contributed by atoms with Gasteiger partial charge in [0.15, 0.2) is 0 Å². The fourth-order valence-corrected chi connectivity index (χ4v) is 3.50. The largest absolute Gasteiger partial charge is 0.281 e. The third-order valence-corrected chi connectivity index (χ3v) is 4.52. The summed E-state index contributed by atoms with van der Waals surface area (Å²) in [4.78, 5) is 4.27. The van der Waals surface area contributed by atoms with Gasteiger partial charge in [0.05, 0.1) is 22.0 Å². The Kier molecular flexibility index (Phi) is 3.96. The number of fused-ring (bicyclic) bond motifs is 1.